The second kappa shape index (κ2) is 6.11. The largest absolute Gasteiger partial charge is 0.481 e. The lowest BCUT2D eigenvalue weighted by Crippen LogP contribution is -2.07. The molecule has 0 aliphatic carbocycles. The van der Waals surface area contributed by atoms with Crippen molar-refractivity contribution in [1.82, 2.24) is 4.98 Å². The molecule has 104 valence electrons. The van der Waals surface area contributed by atoms with Gasteiger partial charge in [0.2, 0.25) is 0 Å². The molecular weight excluding hydrogens is 282 g/mol. The molecule has 8 heteroatoms. The molecule has 0 bridgehead atoms. The number of aromatic nitrogens is 1. The second-order valence-corrected chi connectivity index (χ2v) is 4.96. The van der Waals surface area contributed by atoms with Crippen LogP contribution in [0.3, 0.4) is 0 Å². The average Bonchev–Trinajstić information content (AvgIpc) is 2.86. The summed E-state index contributed by atoms with van der Waals surface area (Å²) in [5.41, 5.74) is 1.53. The molecule has 0 saturated carbocycles. The molecule has 0 amide bonds. The first kappa shape index (κ1) is 13.9. The quantitative estimate of drug-likeness (QED) is 0.625. The Morgan fingerprint density at radius 2 is 2.10 bits per heavy atom. The van der Waals surface area contributed by atoms with E-state index in [1.54, 1.807) is 12.1 Å². The Morgan fingerprint density at radius 3 is 2.70 bits per heavy atom. The van der Waals surface area contributed by atoms with Crippen LogP contribution in [0.1, 0.15) is 11.1 Å². The maximum Gasteiger partial charge on any atom is 0.345 e. The van der Waals surface area contributed by atoms with Crippen molar-refractivity contribution in [3.8, 4) is 0 Å². The van der Waals surface area contributed by atoms with Crippen LogP contribution in [0.2, 0.25) is 0 Å². The highest BCUT2D eigenvalue weighted by atomic mass is 32.1. The molecule has 2 rings (SSSR count). The van der Waals surface area contributed by atoms with Gasteiger partial charge in [0, 0.05) is 6.54 Å². The van der Waals surface area contributed by atoms with Gasteiger partial charge in [0.15, 0.2) is 5.13 Å². The van der Waals surface area contributed by atoms with E-state index in [0.717, 1.165) is 16.9 Å². The first-order valence-electron chi connectivity index (χ1n) is 5.69. The van der Waals surface area contributed by atoms with E-state index in [0.29, 0.717) is 17.2 Å². The minimum atomic E-state index is -0.901. The molecule has 0 aliphatic heterocycles. The van der Waals surface area contributed by atoms with Crippen molar-refractivity contribution in [1.29, 1.82) is 0 Å². The monoisotopic (exact) mass is 293 g/mol. The number of carbonyl (C=O) groups is 1. The van der Waals surface area contributed by atoms with E-state index >= 15 is 0 Å². The molecule has 1 aromatic carbocycles. The van der Waals surface area contributed by atoms with Gasteiger partial charge in [-0.25, -0.2) is 4.98 Å². The van der Waals surface area contributed by atoms with Crippen LogP contribution in [0.25, 0.3) is 0 Å². The number of nitro groups is 1. The molecule has 0 atom stereocenters. The lowest BCUT2D eigenvalue weighted by molar-refractivity contribution is -0.380. The maximum atomic E-state index is 10.8. The number of aliphatic carboxylic acids is 1. The van der Waals surface area contributed by atoms with Crippen molar-refractivity contribution in [3.63, 3.8) is 0 Å². The molecule has 0 unspecified atom stereocenters. The lowest BCUT2D eigenvalue weighted by Gasteiger charge is -2.07. The van der Waals surface area contributed by atoms with E-state index in [2.05, 4.69) is 10.3 Å². The van der Waals surface area contributed by atoms with Gasteiger partial charge in [-0.15, -0.1) is 0 Å². The van der Waals surface area contributed by atoms with Crippen LogP contribution in [0.4, 0.5) is 10.1 Å². The summed E-state index contributed by atoms with van der Waals surface area (Å²) in [6.07, 6.45) is 1.13. The third kappa shape index (κ3) is 3.51. The molecule has 1 aromatic heterocycles. The molecule has 20 heavy (non-hydrogen) atoms. The first-order valence-corrected chi connectivity index (χ1v) is 6.50. The second-order valence-electron chi connectivity index (χ2n) is 3.95. The number of nitrogens with zero attached hydrogens (tertiary/aromatic N) is 2. The van der Waals surface area contributed by atoms with E-state index in [4.69, 9.17) is 5.11 Å². The average molecular weight is 293 g/mol. The molecule has 0 saturated heterocycles. The first-order chi connectivity index (χ1) is 9.56. The zero-order chi connectivity index (χ0) is 14.5. The summed E-state index contributed by atoms with van der Waals surface area (Å²) in [6, 6.07) is 7.14. The summed E-state index contributed by atoms with van der Waals surface area (Å²) in [5.74, 6) is -0.901. The number of carboxylic acids is 1. The minimum absolute atomic E-state index is 0.0358. The smallest absolute Gasteiger partial charge is 0.345 e. The topological polar surface area (TPSA) is 105 Å². The highest BCUT2D eigenvalue weighted by molar-refractivity contribution is 7.18. The molecular formula is C12H11N3O4S. The predicted molar refractivity (Wildman–Crippen MR) is 73.9 cm³/mol. The number of nitrogens with one attached hydrogen (secondary N) is 1. The third-order valence-electron chi connectivity index (χ3n) is 2.56. The number of rotatable bonds is 6. The minimum Gasteiger partial charge on any atom is -0.481 e. The highest BCUT2D eigenvalue weighted by Gasteiger charge is 2.12. The number of hydrogen-bond donors (Lipinski definition) is 2. The maximum absolute atomic E-state index is 10.8. The normalized spacial score (nSPS) is 10.2. The fourth-order valence-corrected chi connectivity index (χ4v) is 2.30. The Balaban J connectivity index is 2.06. The van der Waals surface area contributed by atoms with Crippen LogP contribution < -0.4 is 5.32 Å². The van der Waals surface area contributed by atoms with Crippen molar-refractivity contribution in [2.45, 2.75) is 13.0 Å². The van der Waals surface area contributed by atoms with E-state index in [9.17, 15) is 14.9 Å². The fourth-order valence-electron chi connectivity index (χ4n) is 1.67. The van der Waals surface area contributed by atoms with Gasteiger partial charge in [-0.3, -0.25) is 14.9 Å². The van der Waals surface area contributed by atoms with Gasteiger partial charge in [-0.1, -0.05) is 24.3 Å². The summed E-state index contributed by atoms with van der Waals surface area (Å²) >= 11 is 0.942. The molecule has 0 aliphatic rings. The van der Waals surface area contributed by atoms with Crippen LogP contribution in [0.5, 0.6) is 0 Å². The van der Waals surface area contributed by atoms with Gasteiger partial charge < -0.3 is 10.4 Å². The van der Waals surface area contributed by atoms with E-state index < -0.39 is 10.9 Å². The Kier molecular flexibility index (Phi) is 4.26. The number of hydrogen-bond acceptors (Lipinski definition) is 6. The van der Waals surface area contributed by atoms with Gasteiger partial charge in [0.1, 0.15) is 6.20 Å². The highest BCUT2D eigenvalue weighted by Crippen LogP contribution is 2.25. The fraction of sp³-hybridized carbons (Fsp3) is 0.167. The number of anilines is 1. The molecule has 1 heterocycles. The number of thiazole rings is 1. The van der Waals surface area contributed by atoms with Crippen molar-refractivity contribution < 1.29 is 14.8 Å². The van der Waals surface area contributed by atoms with Gasteiger partial charge in [0.25, 0.3) is 0 Å². The Labute approximate surface area is 118 Å². The number of carboxylic acid groups (broad SMARTS) is 1. The van der Waals surface area contributed by atoms with Crippen molar-refractivity contribution in [2.24, 2.45) is 0 Å². The van der Waals surface area contributed by atoms with Crippen LogP contribution in [-0.4, -0.2) is 21.0 Å². The van der Waals surface area contributed by atoms with Gasteiger partial charge in [0.05, 0.1) is 11.3 Å². The van der Waals surface area contributed by atoms with E-state index in [1.807, 2.05) is 12.1 Å². The van der Waals surface area contributed by atoms with Crippen molar-refractivity contribution in [2.75, 3.05) is 5.32 Å². The number of benzene rings is 1. The van der Waals surface area contributed by atoms with E-state index in [-0.39, 0.29) is 11.4 Å². The van der Waals surface area contributed by atoms with Crippen LogP contribution in [-0.2, 0) is 17.8 Å². The standard InChI is InChI=1S/C12H11N3O4S/c16-11(17)5-8-3-1-2-4-9(8)6-13-12-14-7-10(20-12)15(18)19/h1-4,7H,5-6H2,(H,13,14)(H,16,17). The lowest BCUT2D eigenvalue weighted by atomic mass is 10.0. The molecule has 0 spiro atoms. The Bertz CT molecular complexity index is 641. The summed E-state index contributed by atoms with van der Waals surface area (Å²) in [6.45, 7) is 0.369. The third-order valence-corrected chi connectivity index (χ3v) is 3.47. The van der Waals surface area contributed by atoms with Gasteiger partial charge >= 0.3 is 11.0 Å². The summed E-state index contributed by atoms with van der Waals surface area (Å²) < 4.78 is 0. The zero-order valence-electron chi connectivity index (χ0n) is 10.3. The van der Waals surface area contributed by atoms with E-state index in [1.165, 1.54) is 6.20 Å². The SMILES string of the molecule is O=C(O)Cc1ccccc1CNc1ncc([N+](=O)[O-])s1. The van der Waals surface area contributed by atoms with Crippen molar-refractivity contribution >= 4 is 27.4 Å². The summed E-state index contributed by atoms with van der Waals surface area (Å²) in [4.78, 5) is 24.7. The Morgan fingerprint density at radius 1 is 1.40 bits per heavy atom. The summed E-state index contributed by atoms with van der Waals surface area (Å²) in [5, 5.41) is 22.7. The van der Waals surface area contributed by atoms with Crippen LogP contribution >= 0.6 is 11.3 Å². The van der Waals surface area contributed by atoms with Crippen molar-refractivity contribution in [3.05, 3.63) is 51.7 Å². The van der Waals surface area contributed by atoms with Crippen LogP contribution in [0.15, 0.2) is 30.5 Å². The molecule has 0 radical (unpaired) electrons. The molecule has 2 N–H and O–H groups in total. The zero-order valence-corrected chi connectivity index (χ0v) is 11.1. The molecule has 0 fully saturated rings. The Hall–Kier alpha value is -2.48. The van der Waals surface area contributed by atoms with Gasteiger partial charge in [-0.05, 0) is 22.5 Å². The predicted octanol–water partition coefficient (Wildman–Crippen LogP) is 2.29. The molecule has 2 aromatic rings. The van der Waals surface area contributed by atoms with Gasteiger partial charge in [-0.2, -0.15) is 0 Å². The molecule has 7 nitrogen and oxygen atoms in total. The van der Waals surface area contributed by atoms with Crippen LogP contribution in [0, 0.1) is 10.1 Å². The summed E-state index contributed by atoms with van der Waals surface area (Å²) in [7, 11) is 0.